The Morgan fingerprint density at radius 1 is 1.44 bits per heavy atom. The molecule has 2 aromatic rings. The fourth-order valence-corrected chi connectivity index (χ4v) is 2.92. The smallest absolute Gasteiger partial charge is 0.256 e. The Balaban J connectivity index is 1.69. The Bertz CT molecular complexity index is 444. The summed E-state index contributed by atoms with van der Waals surface area (Å²) < 4.78 is 5.65. The molecule has 1 aliphatic rings. The van der Waals surface area contributed by atoms with Crippen molar-refractivity contribution in [2.75, 3.05) is 12.3 Å². The monoisotopic (exact) mass is 234 g/mol. The van der Waals surface area contributed by atoms with Gasteiger partial charge in [0.05, 0.1) is 0 Å². The fourth-order valence-electron chi connectivity index (χ4n) is 1.98. The van der Waals surface area contributed by atoms with Crippen LogP contribution in [-0.4, -0.2) is 23.3 Å². The molecule has 3 nitrogen and oxygen atoms in total. The Morgan fingerprint density at radius 2 is 2.38 bits per heavy atom. The molecule has 1 fully saturated rings. The van der Waals surface area contributed by atoms with Gasteiger partial charge in [0.2, 0.25) is 0 Å². The van der Waals surface area contributed by atoms with Gasteiger partial charge in [-0.15, -0.1) is 0 Å². The molecule has 0 bridgehead atoms. The topological polar surface area (TPSA) is 38.1 Å². The van der Waals surface area contributed by atoms with Crippen LogP contribution < -0.4 is 5.32 Å². The molecule has 0 unspecified atom stereocenters. The molecule has 1 saturated heterocycles. The average Bonchev–Trinajstić information content (AvgIpc) is 2.95. The van der Waals surface area contributed by atoms with Gasteiger partial charge >= 0.3 is 0 Å². The molecule has 1 N–H and O–H groups in total. The third kappa shape index (κ3) is 2.08. The minimum atomic E-state index is 0.625. The quantitative estimate of drug-likeness (QED) is 0.829. The van der Waals surface area contributed by atoms with E-state index in [2.05, 4.69) is 10.3 Å². The average molecular weight is 234 g/mol. The van der Waals surface area contributed by atoms with Crippen molar-refractivity contribution in [1.82, 2.24) is 10.3 Å². The van der Waals surface area contributed by atoms with Crippen LogP contribution in [0.1, 0.15) is 12.8 Å². The SMILES string of the molecule is c1ccc2oc(SC[C@@H]3CCCN3)nc2c1. The summed E-state index contributed by atoms with van der Waals surface area (Å²) in [6.07, 6.45) is 2.56. The highest BCUT2D eigenvalue weighted by molar-refractivity contribution is 7.99. The molecule has 84 valence electrons. The number of benzene rings is 1. The van der Waals surface area contributed by atoms with Gasteiger partial charge in [-0.2, -0.15) is 0 Å². The normalized spacial score (nSPS) is 20.6. The molecule has 0 radical (unpaired) electrons. The van der Waals surface area contributed by atoms with Gasteiger partial charge in [0.15, 0.2) is 5.58 Å². The number of fused-ring (bicyclic) bond motifs is 1. The number of thioether (sulfide) groups is 1. The summed E-state index contributed by atoms with van der Waals surface area (Å²) in [7, 11) is 0. The molecular formula is C12H14N2OS. The van der Waals surface area contributed by atoms with E-state index >= 15 is 0 Å². The molecular weight excluding hydrogens is 220 g/mol. The first-order valence-corrected chi connectivity index (χ1v) is 6.62. The second-order valence-electron chi connectivity index (χ2n) is 4.05. The molecule has 1 aromatic carbocycles. The molecule has 0 spiro atoms. The van der Waals surface area contributed by atoms with Gasteiger partial charge < -0.3 is 9.73 Å². The van der Waals surface area contributed by atoms with Crippen molar-refractivity contribution in [2.45, 2.75) is 24.1 Å². The van der Waals surface area contributed by atoms with Gasteiger partial charge in [0, 0.05) is 11.8 Å². The van der Waals surface area contributed by atoms with Gasteiger partial charge in [-0.25, -0.2) is 4.98 Å². The van der Waals surface area contributed by atoms with Crippen LogP contribution in [0.3, 0.4) is 0 Å². The summed E-state index contributed by atoms with van der Waals surface area (Å²) in [5, 5.41) is 4.26. The minimum Gasteiger partial charge on any atom is -0.431 e. The Labute approximate surface area is 98.6 Å². The molecule has 2 heterocycles. The van der Waals surface area contributed by atoms with Crippen LogP contribution in [0.4, 0.5) is 0 Å². The highest BCUT2D eigenvalue weighted by atomic mass is 32.2. The van der Waals surface area contributed by atoms with Crippen LogP contribution in [0.25, 0.3) is 11.1 Å². The van der Waals surface area contributed by atoms with Crippen LogP contribution in [-0.2, 0) is 0 Å². The summed E-state index contributed by atoms with van der Waals surface area (Å²) >= 11 is 1.70. The van der Waals surface area contributed by atoms with E-state index in [1.807, 2.05) is 24.3 Å². The molecule has 3 rings (SSSR count). The van der Waals surface area contributed by atoms with Crippen molar-refractivity contribution < 1.29 is 4.42 Å². The molecule has 1 atom stereocenters. The van der Waals surface area contributed by atoms with Gasteiger partial charge in [-0.3, -0.25) is 0 Å². The van der Waals surface area contributed by atoms with Crippen LogP contribution in [0.5, 0.6) is 0 Å². The van der Waals surface area contributed by atoms with Crippen LogP contribution in [0, 0.1) is 0 Å². The number of oxazole rings is 1. The van der Waals surface area contributed by atoms with E-state index < -0.39 is 0 Å². The molecule has 4 heteroatoms. The van der Waals surface area contributed by atoms with Crippen molar-refractivity contribution in [3.8, 4) is 0 Å². The van der Waals surface area contributed by atoms with E-state index in [0.29, 0.717) is 6.04 Å². The lowest BCUT2D eigenvalue weighted by atomic mass is 10.3. The molecule has 1 aromatic heterocycles. The van der Waals surface area contributed by atoms with E-state index in [0.717, 1.165) is 28.6 Å². The van der Waals surface area contributed by atoms with E-state index in [-0.39, 0.29) is 0 Å². The zero-order chi connectivity index (χ0) is 10.8. The zero-order valence-corrected chi connectivity index (χ0v) is 9.80. The minimum absolute atomic E-state index is 0.625. The number of rotatable bonds is 3. The van der Waals surface area contributed by atoms with Gasteiger partial charge in [-0.05, 0) is 31.5 Å². The summed E-state index contributed by atoms with van der Waals surface area (Å²) in [4.78, 5) is 4.44. The van der Waals surface area contributed by atoms with Crippen molar-refractivity contribution in [3.05, 3.63) is 24.3 Å². The summed E-state index contributed by atoms with van der Waals surface area (Å²) in [5.41, 5.74) is 1.83. The highest BCUT2D eigenvalue weighted by Crippen LogP contribution is 2.24. The summed E-state index contributed by atoms with van der Waals surface area (Å²) in [5.74, 6) is 1.05. The lowest BCUT2D eigenvalue weighted by Crippen LogP contribution is -2.23. The van der Waals surface area contributed by atoms with Gasteiger partial charge in [0.25, 0.3) is 5.22 Å². The molecule has 0 saturated carbocycles. The third-order valence-electron chi connectivity index (χ3n) is 2.84. The summed E-state index contributed by atoms with van der Waals surface area (Å²) in [6.45, 7) is 1.15. The lowest BCUT2D eigenvalue weighted by Gasteiger charge is -2.06. The zero-order valence-electron chi connectivity index (χ0n) is 8.98. The van der Waals surface area contributed by atoms with Gasteiger partial charge in [0.1, 0.15) is 5.52 Å². The maximum Gasteiger partial charge on any atom is 0.256 e. The number of hydrogen-bond donors (Lipinski definition) is 1. The van der Waals surface area contributed by atoms with Crippen molar-refractivity contribution in [1.29, 1.82) is 0 Å². The molecule has 16 heavy (non-hydrogen) atoms. The van der Waals surface area contributed by atoms with E-state index in [9.17, 15) is 0 Å². The first-order chi connectivity index (χ1) is 7.92. The maximum atomic E-state index is 5.65. The standard InChI is InChI=1S/C12H14N2OS/c1-2-6-11-10(5-1)14-12(15-11)16-8-9-4-3-7-13-9/h1-2,5-6,9,13H,3-4,7-8H2/t9-/m0/s1. The predicted octanol–water partition coefficient (Wildman–Crippen LogP) is 2.67. The first-order valence-electron chi connectivity index (χ1n) is 5.63. The summed E-state index contributed by atoms with van der Waals surface area (Å²) in [6, 6.07) is 8.52. The number of para-hydroxylation sites is 2. The molecule has 0 aliphatic carbocycles. The maximum absolute atomic E-state index is 5.65. The lowest BCUT2D eigenvalue weighted by molar-refractivity contribution is 0.488. The van der Waals surface area contributed by atoms with E-state index in [1.165, 1.54) is 12.8 Å². The number of nitrogens with one attached hydrogen (secondary N) is 1. The van der Waals surface area contributed by atoms with Crippen molar-refractivity contribution in [2.24, 2.45) is 0 Å². The van der Waals surface area contributed by atoms with Gasteiger partial charge in [-0.1, -0.05) is 23.9 Å². The largest absolute Gasteiger partial charge is 0.431 e. The first kappa shape index (κ1) is 10.2. The van der Waals surface area contributed by atoms with E-state index in [1.54, 1.807) is 11.8 Å². The second-order valence-corrected chi connectivity index (χ2v) is 5.02. The Kier molecular flexibility index (Phi) is 2.84. The molecule has 1 aliphatic heterocycles. The number of nitrogens with zero attached hydrogens (tertiary/aromatic N) is 1. The van der Waals surface area contributed by atoms with Crippen LogP contribution in [0.2, 0.25) is 0 Å². The number of aromatic nitrogens is 1. The van der Waals surface area contributed by atoms with Crippen LogP contribution >= 0.6 is 11.8 Å². The van der Waals surface area contributed by atoms with Crippen LogP contribution in [0.15, 0.2) is 33.9 Å². The van der Waals surface area contributed by atoms with Crippen molar-refractivity contribution in [3.63, 3.8) is 0 Å². The Hall–Kier alpha value is -1.00. The Morgan fingerprint density at radius 3 is 3.19 bits per heavy atom. The van der Waals surface area contributed by atoms with Crippen molar-refractivity contribution >= 4 is 22.9 Å². The predicted molar refractivity (Wildman–Crippen MR) is 65.8 cm³/mol. The highest BCUT2D eigenvalue weighted by Gasteiger charge is 2.15. The molecule has 0 amide bonds. The van der Waals surface area contributed by atoms with E-state index in [4.69, 9.17) is 4.42 Å². The fraction of sp³-hybridized carbons (Fsp3) is 0.417. The second kappa shape index (κ2) is 4.47. The third-order valence-corrected chi connectivity index (χ3v) is 3.84. The number of hydrogen-bond acceptors (Lipinski definition) is 4.